The summed E-state index contributed by atoms with van der Waals surface area (Å²) in [6.07, 6.45) is 2.81. The standard InChI is InChI=1S/C14H22N2/c1-9-7-10(2)16-12(4)14(9)11(3)15-8-13-5-6-13/h7,11,13,15H,5-6,8H2,1-4H3. The maximum absolute atomic E-state index is 4.56. The van der Waals surface area contributed by atoms with Crippen molar-refractivity contribution in [2.75, 3.05) is 6.54 Å². The van der Waals surface area contributed by atoms with E-state index in [1.54, 1.807) is 0 Å². The van der Waals surface area contributed by atoms with Crippen LogP contribution in [0.3, 0.4) is 0 Å². The summed E-state index contributed by atoms with van der Waals surface area (Å²) < 4.78 is 0. The third kappa shape index (κ3) is 2.62. The monoisotopic (exact) mass is 218 g/mol. The van der Waals surface area contributed by atoms with Crippen molar-refractivity contribution in [3.05, 3.63) is 28.6 Å². The Morgan fingerprint density at radius 2 is 2.06 bits per heavy atom. The van der Waals surface area contributed by atoms with Crippen LogP contribution in [0.1, 0.15) is 48.3 Å². The molecule has 1 aromatic rings. The molecule has 88 valence electrons. The molecule has 0 bridgehead atoms. The molecule has 0 amide bonds. The van der Waals surface area contributed by atoms with Gasteiger partial charge in [0, 0.05) is 17.4 Å². The Morgan fingerprint density at radius 1 is 1.38 bits per heavy atom. The molecular formula is C14H22N2. The van der Waals surface area contributed by atoms with Crippen LogP contribution in [0.2, 0.25) is 0 Å². The van der Waals surface area contributed by atoms with E-state index in [-0.39, 0.29) is 0 Å². The summed E-state index contributed by atoms with van der Waals surface area (Å²) in [6, 6.07) is 2.60. The number of aromatic nitrogens is 1. The van der Waals surface area contributed by atoms with E-state index in [1.165, 1.54) is 29.7 Å². The van der Waals surface area contributed by atoms with Gasteiger partial charge < -0.3 is 5.32 Å². The highest BCUT2D eigenvalue weighted by molar-refractivity contribution is 5.33. The summed E-state index contributed by atoms with van der Waals surface area (Å²) in [6.45, 7) is 9.77. The third-order valence-corrected chi connectivity index (χ3v) is 3.43. The van der Waals surface area contributed by atoms with Crippen LogP contribution >= 0.6 is 0 Å². The van der Waals surface area contributed by atoms with Gasteiger partial charge in [-0.25, -0.2) is 0 Å². The molecule has 0 spiro atoms. The largest absolute Gasteiger partial charge is 0.310 e. The second-order valence-corrected chi connectivity index (χ2v) is 5.15. The fraction of sp³-hybridized carbons (Fsp3) is 0.643. The molecule has 2 rings (SSSR count). The number of nitrogens with one attached hydrogen (secondary N) is 1. The summed E-state index contributed by atoms with van der Waals surface area (Å²) in [5.41, 5.74) is 5.04. The summed E-state index contributed by atoms with van der Waals surface area (Å²) in [5.74, 6) is 0.932. The third-order valence-electron chi connectivity index (χ3n) is 3.43. The lowest BCUT2D eigenvalue weighted by Crippen LogP contribution is -2.23. The predicted molar refractivity (Wildman–Crippen MR) is 67.6 cm³/mol. The first-order valence-electron chi connectivity index (χ1n) is 6.26. The van der Waals surface area contributed by atoms with Gasteiger partial charge in [-0.2, -0.15) is 0 Å². The van der Waals surface area contributed by atoms with E-state index in [0.717, 1.165) is 18.2 Å². The van der Waals surface area contributed by atoms with Crippen molar-refractivity contribution in [3.63, 3.8) is 0 Å². The fourth-order valence-corrected chi connectivity index (χ4v) is 2.46. The SMILES string of the molecule is Cc1cc(C)c(C(C)NCC2CC2)c(C)n1. The number of pyridine rings is 1. The quantitative estimate of drug-likeness (QED) is 0.840. The molecule has 0 aliphatic heterocycles. The van der Waals surface area contributed by atoms with Crippen molar-refractivity contribution >= 4 is 0 Å². The van der Waals surface area contributed by atoms with Crippen LogP contribution in [0, 0.1) is 26.7 Å². The molecule has 0 saturated heterocycles. The first-order chi connectivity index (χ1) is 7.58. The van der Waals surface area contributed by atoms with E-state index in [1.807, 2.05) is 0 Å². The van der Waals surface area contributed by atoms with E-state index < -0.39 is 0 Å². The molecule has 1 fully saturated rings. The molecule has 1 N–H and O–H groups in total. The molecular weight excluding hydrogens is 196 g/mol. The van der Waals surface area contributed by atoms with E-state index in [4.69, 9.17) is 0 Å². The molecule has 2 nitrogen and oxygen atoms in total. The zero-order chi connectivity index (χ0) is 11.7. The van der Waals surface area contributed by atoms with E-state index in [9.17, 15) is 0 Å². The molecule has 2 heteroatoms. The van der Waals surface area contributed by atoms with Crippen LogP contribution in [0.25, 0.3) is 0 Å². The average molecular weight is 218 g/mol. The zero-order valence-corrected chi connectivity index (χ0v) is 10.8. The van der Waals surface area contributed by atoms with Gasteiger partial charge >= 0.3 is 0 Å². The van der Waals surface area contributed by atoms with Crippen molar-refractivity contribution in [2.45, 2.75) is 46.6 Å². The lowest BCUT2D eigenvalue weighted by molar-refractivity contribution is 0.542. The summed E-state index contributed by atoms with van der Waals surface area (Å²) in [4.78, 5) is 4.56. The molecule has 1 unspecified atom stereocenters. The Kier molecular flexibility index (Phi) is 3.29. The van der Waals surface area contributed by atoms with Gasteiger partial charge in [0.05, 0.1) is 0 Å². The first-order valence-corrected chi connectivity index (χ1v) is 6.26. The topological polar surface area (TPSA) is 24.9 Å². The molecule has 1 aliphatic rings. The number of hydrogen-bond donors (Lipinski definition) is 1. The molecule has 16 heavy (non-hydrogen) atoms. The maximum Gasteiger partial charge on any atom is 0.0426 e. The van der Waals surface area contributed by atoms with Crippen LogP contribution in [0.4, 0.5) is 0 Å². The Hall–Kier alpha value is -0.890. The normalized spacial score (nSPS) is 17.5. The second kappa shape index (κ2) is 4.54. The van der Waals surface area contributed by atoms with Gasteiger partial charge in [0.15, 0.2) is 0 Å². The molecule has 1 saturated carbocycles. The minimum Gasteiger partial charge on any atom is -0.310 e. The van der Waals surface area contributed by atoms with Crippen molar-refractivity contribution in [2.24, 2.45) is 5.92 Å². The zero-order valence-electron chi connectivity index (χ0n) is 10.8. The highest BCUT2D eigenvalue weighted by atomic mass is 14.9. The summed E-state index contributed by atoms with van der Waals surface area (Å²) in [5, 5.41) is 3.62. The van der Waals surface area contributed by atoms with Gasteiger partial charge in [-0.1, -0.05) is 0 Å². The molecule has 1 atom stereocenters. The van der Waals surface area contributed by atoms with Crippen LogP contribution in [-0.4, -0.2) is 11.5 Å². The Morgan fingerprint density at radius 3 is 2.62 bits per heavy atom. The maximum atomic E-state index is 4.56. The second-order valence-electron chi connectivity index (χ2n) is 5.15. The minimum atomic E-state index is 0.425. The minimum absolute atomic E-state index is 0.425. The molecule has 0 aromatic carbocycles. The number of rotatable bonds is 4. The Balaban J connectivity index is 2.11. The van der Waals surface area contributed by atoms with E-state index in [0.29, 0.717) is 6.04 Å². The van der Waals surface area contributed by atoms with Crippen molar-refractivity contribution in [1.82, 2.24) is 10.3 Å². The van der Waals surface area contributed by atoms with Crippen molar-refractivity contribution < 1.29 is 0 Å². The number of aryl methyl sites for hydroxylation is 3. The lowest BCUT2D eigenvalue weighted by atomic mass is 10.0. The number of nitrogens with zero attached hydrogens (tertiary/aromatic N) is 1. The van der Waals surface area contributed by atoms with Crippen LogP contribution in [0.5, 0.6) is 0 Å². The molecule has 0 radical (unpaired) electrons. The van der Waals surface area contributed by atoms with Crippen LogP contribution in [-0.2, 0) is 0 Å². The average Bonchev–Trinajstić information content (AvgIpc) is 2.96. The van der Waals surface area contributed by atoms with Gasteiger partial charge in [-0.15, -0.1) is 0 Å². The van der Waals surface area contributed by atoms with Crippen LogP contribution < -0.4 is 5.32 Å². The first kappa shape index (κ1) is 11.6. The van der Waals surface area contributed by atoms with Gasteiger partial charge in [-0.05, 0) is 70.2 Å². The van der Waals surface area contributed by atoms with E-state index in [2.05, 4.69) is 44.1 Å². The van der Waals surface area contributed by atoms with Gasteiger partial charge in [0.25, 0.3) is 0 Å². The summed E-state index contributed by atoms with van der Waals surface area (Å²) >= 11 is 0. The van der Waals surface area contributed by atoms with E-state index >= 15 is 0 Å². The van der Waals surface area contributed by atoms with Crippen molar-refractivity contribution in [3.8, 4) is 0 Å². The number of hydrogen-bond acceptors (Lipinski definition) is 2. The molecule has 1 heterocycles. The smallest absolute Gasteiger partial charge is 0.0426 e. The summed E-state index contributed by atoms with van der Waals surface area (Å²) in [7, 11) is 0. The van der Waals surface area contributed by atoms with Crippen LogP contribution in [0.15, 0.2) is 6.07 Å². The predicted octanol–water partition coefficient (Wildman–Crippen LogP) is 3.07. The molecule has 1 aliphatic carbocycles. The van der Waals surface area contributed by atoms with Crippen molar-refractivity contribution in [1.29, 1.82) is 0 Å². The highest BCUT2D eigenvalue weighted by Gasteiger charge is 2.22. The van der Waals surface area contributed by atoms with Gasteiger partial charge in [0.2, 0.25) is 0 Å². The highest BCUT2D eigenvalue weighted by Crippen LogP contribution is 2.29. The fourth-order valence-electron chi connectivity index (χ4n) is 2.46. The molecule has 1 aromatic heterocycles. The lowest BCUT2D eigenvalue weighted by Gasteiger charge is -2.19. The Labute approximate surface area is 98.5 Å². The van der Waals surface area contributed by atoms with Gasteiger partial charge in [-0.3, -0.25) is 4.98 Å². The van der Waals surface area contributed by atoms with Gasteiger partial charge in [0.1, 0.15) is 0 Å². The Bertz CT molecular complexity index is 357.